The standard InChI is InChI=1S/C39H48FN9/c1-8-37-36(17-25(2)31-21-34(24-42-23-31)45-26(3)18-29-9-12-41-13-10-29)38(48-47-37)28(5)46-39-27(4)35(11-14-44-39)30-19-32(40)22-33(20-30)43-15-16-49(6)7/h8,11,14,17,19-24,29,41,43,45,47H,2-3,5,9-10,12-13,15-16,18H2,1,4,6-7H3,(H,44,46)/b36-17+,37-8+. The van der Waals surface area contributed by atoms with Gasteiger partial charge in [0.25, 0.3) is 0 Å². The van der Waals surface area contributed by atoms with Gasteiger partial charge in [0.05, 0.1) is 22.9 Å². The molecule has 1 fully saturated rings. The summed E-state index contributed by atoms with van der Waals surface area (Å²) in [5, 5.41) is 22.9. The molecule has 5 rings (SSSR count). The van der Waals surface area contributed by atoms with E-state index < -0.39 is 0 Å². The Balaban J connectivity index is 1.35. The van der Waals surface area contributed by atoms with Crippen molar-refractivity contribution in [3.8, 4) is 11.1 Å². The van der Waals surface area contributed by atoms with E-state index in [1.807, 2.05) is 58.3 Å². The topological polar surface area (TPSA) is 106 Å². The first kappa shape index (κ1) is 35.3. The number of anilines is 3. The maximum absolute atomic E-state index is 14.7. The monoisotopic (exact) mass is 661 g/mol. The zero-order valence-electron chi connectivity index (χ0n) is 29.1. The first-order valence-electron chi connectivity index (χ1n) is 16.7. The van der Waals surface area contributed by atoms with Crippen molar-refractivity contribution in [2.75, 3.05) is 56.2 Å². The van der Waals surface area contributed by atoms with Gasteiger partial charge in [0.15, 0.2) is 0 Å². The number of nitrogens with one attached hydrogen (secondary N) is 5. The van der Waals surface area contributed by atoms with E-state index in [1.165, 1.54) is 25.0 Å². The van der Waals surface area contributed by atoms with Crippen LogP contribution in [0.3, 0.4) is 0 Å². The molecule has 10 heteroatoms. The van der Waals surface area contributed by atoms with Crippen molar-refractivity contribution in [1.29, 1.82) is 0 Å². The van der Waals surface area contributed by atoms with Crippen molar-refractivity contribution in [3.05, 3.63) is 108 Å². The van der Waals surface area contributed by atoms with Crippen LogP contribution in [0.4, 0.5) is 21.6 Å². The Hall–Kier alpha value is -5.06. The third-order valence-corrected chi connectivity index (χ3v) is 8.72. The van der Waals surface area contributed by atoms with Gasteiger partial charge in [-0.1, -0.05) is 25.8 Å². The normalized spacial score (nSPS) is 14.2. The maximum atomic E-state index is 14.7. The van der Waals surface area contributed by atoms with Crippen LogP contribution in [0.25, 0.3) is 34.5 Å². The molecule has 0 amide bonds. The Morgan fingerprint density at radius 3 is 2.61 bits per heavy atom. The SMILES string of the molecule is C=C(CC1CCNCC1)Nc1cncc(C(=C)/C=c2/c(C(=C)Nc3nccc(-c4cc(F)cc(NCCN(C)C)c4)c3C)n[nH]/c2=C/C)c1. The molecule has 4 aromatic rings. The second-order valence-corrected chi connectivity index (χ2v) is 12.8. The predicted octanol–water partition coefficient (Wildman–Crippen LogP) is 5.98. The molecule has 256 valence electrons. The van der Waals surface area contributed by atoms with Gasteiger partial charge in [0, 0.05) is 47.6 Å². The molecular formula is C39H48FN9. The van der Waals surface area contributed by atoms with E-state index >= 15 is 0 Å². The van der Waals surface area contributed by atoms with Gasteiger partial charge in [0.2, 0.25) is 0 Å². The molecule has 1 saturated heterocycles. The van der Waals surface area contributed by atoms with Crippen LogP contribution >= 0.6 is 0 Å². The fourth-order valence-electron chi connectivity index (χ4n) is 6.04. The molecule has 5 N–H and O–H groups in total. The highest BCUT2D eigenvalue weighted by Gasteiger charge is 2.16. The Kier molecular flexibility index (Phi) is 11.8. The summed E-state index contributed by atoms with van der Waals surface area (Å²) in [7, 11) is 4.01. The Morgan fingerprint density at radius 1 is 1.06 bits per heavy atom. The minimum Gasteiger partial charge on any atom is -0.384 e. The van der Waals surface area contributed by atoms with E-state index in [2.05, 4.69) is 66.1 Å². The lowest BCUT2D eigenvalue weighted by Gasteiger charge is -2.23. The molecule has 0 saturated carbocycles. The van der Waals surface area contributed by atoms with Crippen LogP contribution in [0.5, 0.6) is 0 Å². The van der Waals surface area contributed by atoms with Crippen LogP contribution in [0.1, 0.15) is 43.0 Å². The predicted molar refractivity (Wildman–Crippen MR) is 203 cm³/mol. The molecule has 1 aliphatic heterocycles. The molecule has 0 atom stereocenters. The summed E-state index contributed by atoms with van der Waals surface area (Å²) in [6.07, 6.45) is 12.5. The molecule has 4 heterocycles. The van der Waals surface area contributed by atoms with Crippen LogP contribution in [0.2, 0.25) is 0 Å². The van der Waals surface area contributed by atoms with Gasteiger partial charge < -0.3 is 26.2 Å². The number of hydrogen-bond acceptors (Lipinski definition) is 8. The fraction of sp³-hybridized carbons (Fsp3) is 0.308. The lowest BCUT2D eigenvalue weighted by Crippen LogP contribution is -2.28. The van der Waals surface area contributed by atoms with Gasteiger partial charge in [-0.2, -0.15) is 5.10 Å². The maximum Gasteiger partial charge on any atom is 0.133 e. The first-order valence-corrected chi connectivity index (χ1v) is 16.7. The Bertz CT molecular complexity index is 1940. The van der Waals surface area contributed by atoms with Gasteiger partial charge in [-0.3, -0.25) is 10.1 Å². The minimum atomic E-state index is -0.307. The quantitative estimate of drug-likeness (QED) is 0.113. The van der Waals surface area contributed by atoms with Crippen molar-refractivity contribution >= 4 is 40.6 Å². The second-order valence-electron chi connectivity index (χ2n) is 12.8. The number of allylic oxidation sites excluding steroid dienone is 2. The summed E-state index contributed by atoms with van der Waals surface area (Å²) in [5.74, 6) is 0.942. The van der Waals surface area contributed by atoms with Crippen LogP contribution in [0.15, 0.2) is 74.4 Å². The average Bonchev–Trinajstić information content (AvgIpc) is 3.48. The largest absolute Gasteiger partial charge is 0.384 e. The molecule has 9 nitrogen and oxygen atoms in total. The number of aromatic amines is 1. The summed E-state index contributed by atoms with van der Waals surface area (Å²) < 4.78 is 14.7. The van der Waals surface area contributed by atoms with Gasteiger partial charge in [-0.15, -0.1) is 0 Å². The van der Waals surface area contributed by atoms with E-state index in [0.717, 1.165) is 81.5 Å². The number of rotatable bonds is 14. The van der Waals surface area contributed by atoms with Crippen LogP contribution in [0, 0.1) is 18.7 Å². The highest BCUT2D eigenvalue weighted by atomic mass is 19.1. The van der Waals surface area contributed by atoms with Gasteiger partial charge in [0.1, 0.15) is 17.3 Å². The summed E-state index contributed by atoms with van der Waals surface area (Å²) in [4.78, 5) is 11.1. The van der Waals surface area contributed by atoms with Crippen molar-refractivity contribution in [2.45, 2.75) is 33.1 Å². The molecule has 0 aliphatic carbocycles. The summed E-state index contributed by atoms with van der Waals surface area (Å²) in [6, 6.07) is 8.94. The Morgan fingerprint density at radius 2 is 1.86 bits per heavy atom. The minimum absolute atomic E-state index is 0.307. The average molecular weight is 662 g/mol. The summed E-state index contributed by atoms with van der Waals surface area (Å²) >= 11 is 0. The molecule has 1 aromatic carbocycles. The number of pyridine rings is 2. The molecule has 0 unspecified atom stereocenters. The smallest absolute Gasteiger partial charge is 0.133 e. The zero-order valence-corrected chi connectivity index (χ0v) is 29.1. The fourth-order valence-corrected chi connectivity index (χ4v) is 6.04. The molecule has 0 spiro atoms. The van der Waals surface area contributed by atoms with E-state index in [9.17, 15) is 4.39 Å². The number of aromatic nitrogens is 4. The van der Waals surface area contributed by atoms with Crippen molar-refractivity contribution < 1.29 is 4.39 Å². The van der Waals surface area contributed by atoms with E-state index in [1.54, 1.807) is 18.6 Å². The molecule has 3 aromatic heterocycles. The van der Waals surface area contributed by atoms with Gasteiger partial charge in [-0.05, 0) is 125 Å². The lowest BCUT2D eigenvalue weighted by atomic mass is 9.93. The molecular weight excluding hydrogens is 613 g/mol. The first-order chi connectivity index (χ1) is 23.6. The van der Waals surface area contributed by atoms with Crippen LogP contribution in [-0.2, 0) is 0 Å². The van der Waals surface area contributed by atoms with E-state index in [-0.39, 0.29) is 5.82 Å². The summed E-state index contributed by atoms with van der Waals surface area (Å²) in [6.45, 7) is 20.5. The van der Waals surface area contributed by atoms with Gasteiger partial charge in [-0.25, -0.2) is 9.37 Å². The van der Waals surface area contributed by atoms with Crippen LogP contribution < -0.4 is 31.8 Å². The van der Waals surface area contributed by atoms with Crippen molar-refractivity contribution in [3.63, 3.8) is 0 Å². The number of H-pyrrole nitrogens is 1. The second kappa shape index (κ2) is 16.4. The highest BCUT2D eigenvalue weighted by Crippen LogP contribution is 2.31. The number of halogens is 1. The van der Waals surface area contributed by atoms with E-state index in [4.69, 9.17) is 0 Å². The third-order valence-electron chi connectivity index (χ3n) is 8.72. The molecule has 0 radical (unpaired) electrons. The number of nitrogens with zero attached hydrogens (tertiary/aromatic N) is 4. The lowest BCUT2D eigenvalue weighted by molar-refractivity contribution is 0.373. The van der Waals surface area contributed by atoms with Gasteiger partial charge >= 0.3 is 0 Å². The number of hydrogen-bond donors (Lipinski definition) is 5. The Labute approximate surface area is 288 Å². The number of piperidine rings is 1. The number of likely N-dealkylation sites (N-methyl/N-ethyl adjacent to an activating group) is 1. The molecule has 0 bridgehead atoms. The van der Waals surface area contributed by atoms with Crippen molar-refractivity contribution in [1.82, 2.24) is 30.4 Å². The van der Waals surface area contributed by atoms with Crippen LogP contribution in [-0.4, -0.2) is 65.3 Å². The van der Waals surface area contributed by atoms with E-state index in [0.29, 0.717) is 29.7 Å². The highest BCUT2D eigenvalue weighted by molar-refractivity contribution is 5.89. The number of benzene rings is 1. The third kappa shape index (κ3) is 9.31. The summed E-state index contributed by atoms with van der Waals surface area (Å²) in [5.41, 5.74) is 7.93. The van der Waals surface area contributed by atoms with Crippen molar-refractivity contribution in [2.24, 2.45) is 5.92 Å². The molecule has 1 aliphatic rings. The molecule has 49 heavy (non-hydrogen) atoms. The zero-order chi connectivity index (χ0) is 34.9.